The summed E-state index contributed by atoms with van der Waals surface area (Å²) in [5, 5.41) is 1.91. The van der Waals surface area contributed by atoms with Gasteiger partial charge in [-0.1, -0.05) is 18.2 Å². The number of nitrogens with zero attached hydrogens (tertiary/aromatic N) is 1. The Kier molecular flexibility index (Phi) is 3.27. The number of rotatable bonds is 4. The number of ketones is 1. The van der Waals surface area contributed by atoms with E-state index in [1.807, 2.05) is 31.2 Å². The van der Waals surface area contributed by atoms with Crippen molar-refractivity contribution in [3.63, 3.8) is 0 Å². The SMILES string of the molecule is CCOCC(=O)c1cccc2cnccc12. The molecule has 0 N–H and O–H groups in total. The molecule has 1 aromatic carbocycles. The van der Waals surface area contributed by atoms with Crippen LogP contribution in [0.3, 0.4) is 0 Å². The van der Waals surface area contributed by atoms with Crippen LogP contribution in [0.4, 0.5) is 0 Å². The minimum absolute atomic E-state index is 0.0126. The molecule has 3 nitrogen and oxygen atoms in total. The summed E-state index contributed by atoms with van der Waals surface area (Å²) in [5.74, 6) is 0.0126. The molecule has 3 heteroatoms. The van der Waals surface area contributed by atoms with Crippen LogP contribution in [0.15, 0.2) is 36.7 Å². The third kappa shape index (κ3) is 2.09. The van der Waals surface area contributed by atoms with Gasteiger partial charge in [0.1, 0.15) is 6.61 Å². The van der Waals surface area contributed by atoms with Crippen LogP contribution in [0.1, 0.15) is 17.3 Å². The molecule has 0 aliphatic heterocycles. The first-order valence-corrected chi connectivity index (χ1v) is 5.26. The molecule has 0 atom stereocenters. The summed E-state index contributed by atoms with van der Waals surface area (Å²) in [5.41, 5.74) is 0.702. The molecule has 16 heavy (non-hydrogen) atoms. The second-order valence-electron chi connectivity index (χ2n) is 3.46. The molecule has 0 radical (unpaired) electrons. The maximum absolute atomic E-state index is 11.9. The second kappa shape index (κ2) is 4.86. The molecule has 0 spiro atoms. The third-order valence-corrected chi connectivity index (χ3v) is 2.42. The minimum Gasteiger partial charge on any atom is -0.374 e. The van der Waals surface area contributed by atoms with Crippen molar-refractivity contribution in [2.24, 2.45) is 0 Å². The van der Waals surface area contributed by atoms with E-state index >= 15 is 0 Å². The first kappa shape index (κ1) is 10.8. The zero-order chi connectivity index (χ0) is 11.4. The van der Waals surface area contributed by atoms with Crippen molar-refractivity contribution in [3.8, 4) is 0 Å². The number of ether oxygens (including phenoxy) is 1. The van der Waals surface area contributed by atoms with Gasteiger partial charge < -0.3 is 4.74 Å². The highest BCUT2D eigenvalue weighted by Gasteiger charge is 2.09. The summed E-state index contributed by atoms with van der Waals surface area (Å²) < 4.78 is 5.13. The van der Waals surface area contributed by atoms with Gasteiger partial charge in [-0.15, -0.1) is 0 Å². The number of aromatic nitrogens is 1. The van der Waals surface area contributed by atoms with E-state index in [4.69, 9.17) is 4.74 Å². The predicted octanol–water partition coefficient (Wildman–Crippen LogP) is 2.45. The highest BCUT2D eigenvalue weighted by atomic mass is 16.5. The van der Waals surface area contributed by atoms with Crippen LogP contribution in [0.5, 0.6) is 0 Å². The van der Waals surface area contributed by atoms with Gasteiger partial charge >= 0.3 is 0 Å². The fraction of sp³-hybridized carbons (Fsp3) is 0.231. The highest BCUT2D eigenvalue weighted by Crippen LogP contribution is 2.17. The maximum Gasteiger partial charge on any atom is 0.189 e. The van der Waals surface area contributed by atoms with Crippen LogP contribution in [-0.4, -0.2) is 24.0 Å². The van der Waals surface area contributed by atoms with Gasteiger partial charge in [0.2, 0.25) is 0 Å². The molecule has 1 heterocycles. The van der Waals surface area contributed by atoms with E-state index in [-0.39, 0.29) is 12.4 Å². The van der Waals surface area contributed by atoms with Gasteiger partial charge in [0, 0.05) is 30.0 Å². The zero-order valence-electron chi connectivity index (χ0n) is 9.14. The zero-order valence-corrected chi connectivity index (χ0v) is 9.14. The van der Waals surface area contributed by atoms with E-state index in [9.17, 15) is 4.79 Å². The molecule has 0 bridgehead atoms. The van der Waals surface area contributed by atoms with E-state index in [2.05, 4.69) is 4.98 Å². The number of carbonyl (C=O) groups is 1. The summed E-state index contributed by atoms with van der Waals surface area (Å²) in [6.45, 7) is 2.57. The Morgan fingerprint density at radius 2 is 2.25 bits per heavy atom. The second-order valence-corrected chi connectivity index (χ2v) is 3.46. The van der Waals surface area contributed by atoms with Crippen molar-refractivity contribution in [2.75, 3.05) is 13.2 Å². The van der Waals surface area contributed by atoms with Crippen molar-refractivity contribution in [3.05, 3.63) is 42.2 Å². The molecular weight excluding hydrogens is 202 g/mol. The average Bonchev–Trinajstić information content (AvgIpc) is 2.35. The molecule has 2 aromatic rings. The minimum atomic E-state index is 0.0126. The number of hydrogen-bond donors (Lipinski definition) is 0. The number of fused-ring (bicyclic) bond motifs is 1. The summed E-state index contributed by atoms with van der Waals surface area (Å²) in [7, 11) is 0. The first-order valence-electron chi connectivity index (χ1n) is 5.26. The van der Waals surface area contributed by atoms with E-state index < -0.39 is 0 Å². The van der Waals surface area contributed by atoms with Crippen LogP contribution in [0.2, 0.25) is 0 Å². The lowest BCUT2D eigenvalue weighted by Gasteiger charge is -2.05. The van der Waals surface area contributed by atoms with Crippen molar-refractivity contribution in [1.82, 2.24) is 4.98 Å². The number of hydrogen-bond acceptors (Lipinski definition) is 3. The molecule has 0 aliphatic rings. The van der Waals surface area contributed by atoms with Crippen LogP contribution in [-0.2, 0) is 4.74 Å². The quantitative estimate of drug-likeness (QED) is 0.735. The molecule has 2 rings (SSSR count). The molecule has 0 saturated carbocycles. The maximum atomic E-state index is 11.9. The number of benzene rings is 1. The van der Waals surface area contributed by atoms with E-state index in [0.717, 1.165) is 10.8 Å². The van der Waals surface area contributed by atoms with E-state index in [1.54, 1.807) is 12.4 Å². The molecule has 1 aromatic heterocycles. The van der Waals surface area contributed by atoms with Crippen LogP contribution >= 0.6 is 0 Å². The molecule has 0 saturated heterocycles. The molecule has 0 amide bonds. The lowest BCUT2D eigenvalue weighted by atomic mass is 10.0. The summed E-state index contributed by atoms with van der Waals surface area (Å²) >= 11 is 0. The Morgan fingerprint density at radius 3 is 3.06 bits per heavy atom. The largest absolute Gasteiger partial charge is 0.374 e. The molecule has 0 aliphatic carbocycles. The molecular formula is C13H13NO2. The lowest BCUT2D eigenvalue weighted by molar-refractivity contribution is 0.0785. The van der Waals surface area contributed by atoms with Crippen molar-refractivity contribution in [2.45, 2.75) is 6.92 Å². The van der Waals surface area contributed by atoms with Crippen molar-refractivity contribution >= 4 is 16.6 Å². The fourth-order valence-corrected chi connectivity index (χ4v) is 1.64. The summed E-state index contributed by atoms with van der Waals surface area (Å²) in [6.07, 6.45) is 3.45. The van der Waals surface area contributed by atoms with Gasteiger partial charge in [-0.05, 0) is 18.4 Å². The van der Waals surface area contributed by atoms with Gasteiger partial charge in [-0.25, -0.2) is 0 Å². The smallest absolute Gasteiger partial charge is 0.189 e. The normalized spacial score (nSPS) is 10.6. The first-order chi connectivity index (χ1) is 7.83. The standard InChI is InChI=1S/C13H13NO2/c1-2-16-9-13(15)12-5-3-4-10-8-14-7-6-11(10)12/h3-8H,2,9H2,1H3. The van der Waals surface area contributed by atoms with Gasteiger partial charge in [-0.2, -0.15) is 0 Å². The Hall–Kier alpha value is -1.74. The monoisotopic (exact) mass is 215 g/mol. The Labute approximate surface area is 94.1 Å². The predicted molar refractivity (Wildman–Crippen MR) is 62.6 cm³/mol. The van der Waals surface area contributed by atoms with E-state index in [1.165, 1.54) is 0 Å². The van der Waals surface area contributed by atoms with Crippen LogP contribution in [0.25, 0.3) is 10.8 Å². The Bertz CT molecular complexity index is 503. The molecule has 0 fully saturated rings. The molecule has 0 unspecified atom stereocenters. The van der Waals surface area contributed by atoms with Crippen LogP contribution < -0.4 is 0 Å². The van der Waals surface area contributed by atoms with Gasteiger partial charge in [0.05, 0.1) is 0 Å². The van der Waals surface area contributed by atoms with Crippen molar-refractivity contribution in [1.29, 1.82) is 0 Å². The highest BCUT2D eigenvalue weighted by molar-refractivity contribution is 6.08. The number of pyridine rings is 1. The van der Waals surface area contributed by atoms with Gasteiger partial charge in [-0.3, -0.25) is 9.78 Å². The summed E-state index contributed by atoms with van der Waals surface area (Å²) in [6, 6.07) is 7.49. The number of Topliss-reactive ketones (excluding diaryl/α,β-unsaturated/α-hetero) is 1. The fourth-order valence-electron chi connectivity index (χ4n) is 1.64. The van der Waals surface area contributed by atoms with E-state index in [0.29, 0.717) is 12.2 Å². The lowest BCUT2D eigenvalue weighted by Crippen LogP contribution is -2.09. The Morgan fingerprint density at radius 1 is 1.38 bits per heavy atom. The number of carbonyl (C=O) groups excluding carboxylic acids is 1. The molecule has 82 valence electrons. The van der Waals surface area contributed by atoms with Gasteiger partial charge in [0.15, 0.2) is 5.78 Å². The Balaban J connectivity index is 2.40. The van der Waals surface area contributed by atoms with Crippen molar-refractivity contribution < 1.29 is 9.53 Å². The summed E-state index contributed by atoms with van der Waals surface area (Å²) in [4.78, 5) is 15.9. The van der Waals surface area contributed by atoms with Crippen LogP contribution in [0, 0.1) is 0 Å². The average molecular weight is 215 g/mol. The third-order valence-electron chi connectivity index (χ3n) is 2.42. The van der Waals surface area contributed by atoms with Gasteiger partial charge in [0.25, 0.3) is 0 Å². The topological polar surface area (TPSA) is 39.2 Å².